The van der Waals surface area contributed by atoms with Gasteiger partial charge in [0.2, 0.25) is 0 Å². The van der Waals surface area contributed by atoms with Crippen molar-refractivity contribution in [2.75, 3.05) is 5.32 Å². The lowest BCUT2D eigenvalue weighted by Gasteiger charge is -2.11. The summed E-state index contributed by atoms with van der Waals surface area (Å²) >= 11 is 0. The second kappa shape index (κ2) is 5.39. The lowest BCUT2D eigenvalue weighted by atomic mass is 10.0. The maximum absolute atomic E-state index is 13.7. The largest absolute Gasteiger partial charge is 0.322 e. The van der Waals surface area contributed by atoms with Crippen LogP contribution in [0.5, 0.6) is 0 Å². The van der Waals surface area contributed by atoms with Gasteiger partial charge in [-0.05, 0) is 54.2 Å². The summed E-state index contributed by atoms with van der Waals surface area (Å²) in [5, 5.41) is 13.6. The maximum atomic E-state index is 13.7. The van der Waals surface area contributed by atoms with Crippen molar-refractivity contribution in [3.8, 4) is 0 Å². The zero-order valence-electron chi connectivity index (χ0n) is 13.5. The monoisotopic (exact) mass is 336 g/mol. The van der Waals surface area contributed by atoms with Crippen molar-refractivity contribution in [3.05, 3.63) is 59.0 Å². The number of carbonyl (C=O) groups is 1. The van der Waals surface area contributed by atoms with E-state index in [1.807, 2.05) is 12.1 Å². The first-order valence-corrected chi connectivity index (χ1v) is 8.49. The Kier molecular flexibility index (Phi) is 3.15. The molecule has 0 bridgehead atoms. The van der Waals surface area contributed by atoms with Crippen LogP contribution < -0.4 is 10.6 Å². The molecule has 1 fully saturated rings. The fourth-order valence-corrected chi connectivity index (χ4v) is 3.72. The molecule has 1 aliphatic carbocycles. The van der Waals surface area contributed by atoms with Gasteiger partial charge in [0, 0.05) is 23.7 Å². The van der Waals surface area contributed by atoms with Crippen molar-refractivity contribution in [1.82, 2.24) is 15.5 Å². The lowest BCUT2D eigenvalue weighted by Crippen LogP contribution is -2.13. The van der Waals surface area contributed by atoms with Crippen molar-refractivity contribution >= 4 is 22.5 Å². The zero-order valence-corrected chi connectivity index (χ0v) is 13.5. The highest BCUT2D eigenvalue weighted by atomic mass is 19.1. The Balaban J connectivity index is 1.43. The van der Waals surface area contributed by atoms with Gasteiger partial charge in [0.15, 0.2) is 0 Å². The Bertz CT molecular complexity index is 992. The van der Waals surface area contributed by atoms with Gasteiger partial charge in [-0.3, -0.25) is 9.89 Å². The van der Waals surface area contributed by atoms with Gasteiger partial charge in [-0.1, -0.05) is 6.07 Å². The number of fused-ring (bicyclic) bond motifs is 2. The van der Waals surface area contributed by atoms with Crippen molar-refractivity contribution in [2.45, 2.75) is 25.4 Å². The van der Waals surface area contributed by atoms with Gasteiger partial charge >= 0.3 is 0 Å². The number of benzene rings is 2. The minimum absolute atomic E-state index is 0.276. The highest BCUT2D eigenvalue weighted by molar-refractivity contribution is 6.12. The van der Waals surface area contributed by atoms with Crippen LogP contribution in [-0.4, -0.2) is 16.1 Å². The quantitative estimate of drug-likeness (QED) is 0.685. The molecular weight excluding hydrogens is 319 g/mol. The maximum Gasteiger partial charge on any atom is 0.256 e. The van der Waals surface area contributed by atoms with E-state index in [9.17, 15) is 9.18 Å². The topological polar surface area (TPSA) is 69.8 Å². The van der Waals surface area contributed by atoms with Crippen molar-refractivity contribution in [3.63, 3.8) is 0 Å². The molecule has 3 N–H and O–H groups in total. The van der Waals surface area contributed by atoms with Gasteiger partial charge in [0.25, 0.3) is 5.91 Å². The smallest absolute Gasteiger partial charge is 0.256 e. The highest BCUT2D eigenvalue weighted by Crippen LogP contribution is 2.44. The molecule has 1 aromatic heterocycles. The van der Waals surface area contributed by atoms with E-state index in [0.717, 1.165) is 18.2 Å². The van der Waals surface area contributed by atoms with E-state index in [4.69, 9.17) is 0 Å². The van der Waals surface area contributed by atoms with Gasteiger partial charge in [-0.25, -0.2) is 4.39 Å². The number of nitrogens with one attached hydrogen (secondary N) is 3. The number of halogens is 1. The van der Waals surface area contributed by atoms with E-state index in [1.165, 1.54) is 42.3 Å². The van der Waals surface area contributed by atoms with Gasteiger partial charge in [-0.2, -0.15) is 5.10 Å². The minimum Gasteiger partial charge on any atom is -0.322 e. The Hall–Kier alpha value is -2.73. The minimum atomic E-state index is -0.465. The third kappa shape index (κ3) is 2.49. The summed E-state index contributed by atoms with van der Waals surface area (Å²) in [5.74, 6) is -0.0498. The molecular formula is C19H17FN4O. The standard InChI is InChI=1S/C19H17FN4O/c20-12-6-15(16-9-22-24-17(16)7-12)19(25)23-13-3-4-14-11(5-13)8-21-18(14)10-1-2-10/h3-7,9-10,18,21H,1-2,8H2,(H,22,24)(H,23,25)/t18-/m0/s1. The lowest BCUT2D eigenvalue weighted by molar-refractivity contribution is 0.102. The van der Waals surface area contributed by atoms with Crippen LogP contribution >= 0.6 is 0 Å². The van der Waals surface area contributed by atoms with E-state index < -0.39 is 5.82 Å². The molecule has 1 amide bonds. The second-order valence-corrected chi connectivity index (χ2v) is 6.85. The number of H-pyrrole nitrogens is 1. The first-order chi connectivity index (χ1) is 12.2. The van der Waals surface area contributed by atoms with Gasteiger partial charge in [0.1, 0.15) is 5.82 Å². The number of aromatic nitrogens is 2. The van der Waals surface area contributed by atoms with E-state index in [-0.39, 0.29) is 11.5 Å². The third-order valence-corrected chi connectivity index (χ3v) is 5.11. The van der Waals surface area contributed by atoms with E-state index in [1.54, 1.807) is 0 Å². The van der Waals surface area contributed by atoms with Crippen LogP contribution in [0.15, 0.2) is 36.5 Å². The van der Waals surface area contributed by atoms with Crippen molar-refractivity contribution in [2.24, 2.45) is 5.92 Å². The Morgan fingerprint density at radius 2 is 2.12 bits per heavy atom. The molecule has 2 heterocycles. The first-order valence-electron chi connectivity index (χ1n) is 8.49. The molecule has 126 valence electrons. The molecule has 2 aliphatic rings. The molecule has 0 radical (unpaired) electrons. The summed E-state index contributed by atoms with van der Waals surface area (Å²) in [6.45, 7) is 0.826. The predicted molar refractivity (Wildman–Crippen MR) is 92.8 cm³/mol. The molecule has 1 atom stereocenters. The van der Waals surface area contributed by atoms with Crippen LogP contribution in [0.25, 0.3) is 10.9 Å². The molecule has 3 aromatic rings. The van der Waals surface area contributed by atoms with Crippen LogP contribution in [0.2, 0.25) is 0 Å². The molecule has 5 nitrogen and oxygen atoms in total. The van der Waals surface area contributed by atoms with Crippen LogP contribution in [0, 0.1) is 11.7 Å². The van der Waals surface area contributed by atoms with Crippen molar-refractivity contribution < 1.29 is 9.18 Å². The summed E-state index contributed by atoms with van der Waals surface area (Å²) < 4.78 is 13.7. The molecule has 5 rings (SSSR count). The Morgan fingerprint density at radius 3 is 2.96 bits per heavy atom. The SMILES string of the molecule is O=C(Nc1ccc2c(c1)CN[C@H]2C1CC1)c1cc(F)cc2[nH]ncc12. The average molecular weight is 336 g/mol. The number of hydrogen-bond donors (Lipinski definition) is 3. The summed E-state index contributed by atoms with van der Waals surface area (Å²) in [4.78, 5) is 12.6. The van der Waals surface area contributed by atoms with Crippen LogP contribution in [-0.2, 0) is 6.54 Å². The van der Waals surface area contributed by atoms with Crippen LogP contribution in [0.1, 0.15) is 40.4 Å². The Morgan fingerprint density at radius 1 is 1.24 bits per heavy atom. The normalized spacial score (nSPS) is 19.2. The van der Waals surface area contributed by atoms with E-state index in [2.05, 4.69) is 26.9 Å². The number of anilines is 1. The molecule has 0 unspecified atom stereocenters. The number of hydrogen-bond acceptors (Lipinski definition) is 3. The number of rotatable bonds is 3. The number of nitrogens with zero attached hydrogens (tertiary/aromatic N) is 1. The third-order valence-electron chi connectivity index (χ3n) is 5.11. The first kappa shape index (κ1) is 14.6. The second-order valence-electron chi connectivity index (χ2n) is 6.85. The Labute approximate surface area is 143 Å². The molecule has 1 aliphatic heterocycles. The predicted octanol–water partition coefficient (Wildman–Crippen LogP) is 3.51. The fraction of sp³-hybridized carbons (Fsp3) is 0.263. The fourth-order valence-electron chi connectivity index (χ4n) is 3.72. The summed E-state index contributed by atoms with van der Waals surface area (Å²) in [6, 6.07) is 9.05. The molecule has 25 heavy (non-hydrogen) atoms. The van der Waals surface area contributed by atoms with Gasteiger partial charge < -0.3 is 10.6 Å². The van der Waals surface area contributed by atoms with Gasteiger partial charge in [-0.15, -0.1) is 0 Å². The zero-order chi connectivity index (χ0) is 17.0. The van der Waals surface area contributed by atoms with Crippen LogP contribution in [0.4, 0.5) is 10.1 Å². The number of aromatic amines is 1. The van der Waals surface area contributed by atoms with Crippen LogP contribution in [0.3, 0.4) is 0 Å². The highest BCUT2D eigenvalue weighted by Gasteiger charge is 2.36. The van der Waals surface area contributed by atoms with E-state index >= 15 is 0 Å². The van der Waals surface area contributed by atoms with Crippen molar-refractivity contribution in [1.29, 1.82) is 0 Å². The molecule has 2 aromatic carbocycles. The molecule has 0 spiro atoms. The average Bonchev–Trinajstić information content (AvgIpc) is 3.18. The molecule has 1 saturated carbocycles. The van der Waals surface area contributed by atoms with E-state index in [0.29, 0.717) is 16.9 Å². The number of carbonyl (C=O) groups excluding carboxylic acids is 1. The summed E-state index contributed by atoms with van der Waals surface area (Å²) in [5.41, 5.74) is 4.07. The number of amides is 1. The van der Waals surface area contributed by atoms with Gasteiger partial charge in [0.05, 0.1) is 17.3 Å². The summed E-state index contributed by atoms with van der Waals surface area (Å²) in [6.07, 6.45) is 4.11. The summed E-state index contributed by atoms with van der Waals surface area (Å²) in [7, 11) is 0. The molecule has 0 saturated heterocycles. The molecule has 6 heteroatoms.